The van der Waals surface area contributed by atoms with Crippen LogP contribution >= 0.6 is 0 Å². The van der Waals surface area contributed by atoms with E-state index in [-0.39, 0.29) is 0 Å². The Balaban J connectivity index is 1.95. The van der Waals surface area contributed by atoms with Gasteiger partial charge in [0.15, 0.2) is 5.82 Å². The van der Waals surface area contributed by atoms with Gasteiger partial charge in [-0.1, -0.05) is 18.2 Å². The Hall–Kier alpha value is -2.87. The van der Waals surface area contributed by atoms with Gasteiger partial charge in [0.25, 0.3) is 0 Å². The minimum absolute atomic E-state index is 0.353. The van der Waals surface area contributed by atoms with Crippen molar-refractivity contribution in [2.24, 2.45) is 0 Å². The third-order valence-corrected chi connectivity index (χ3v) is 4.13. The zero-order valence-corrected chi connectivity index (χ0v) is 16.8. The van der Waals surface area contributed by atoms with E-state index in [9.17, 15) is 4.79 Å². The maximum Gasteiger partial charge on any atom is 0.407 e. The van der Waals surface area contributed by atoms with Crippen LogP contribution in [-0.4, -0.2) is 39.4 Å². The monoisotopic (exact) mass is 385 g/mol. The van der Waals surface area contributed by atoms with Crippen LogP contribution in [0.15, 0.2) is 24.3 Å². The fourth-order valence-corrected chi connectivity index (χ4v) is 3.03. The molecule has 0 saturated heterocycles. The molecule has 0 bridgehead atoms. The summed E-state index contributed by atoms with van der Waals surface area (Å²) in [5.74, 6) is 1.12. The second-order valence-corrected chi connectivity index (χ2v) is 7.46. The van der Waals surface area contributed by atoms with Crippen molar-refractivity contribution < 1.29 is 14.3 Å². The molecule has 0 aliphatic carbocycles. The number of benzene rings is 1. The van der Waals surface area contributed by atoms with Crippen molar-refractivity contribution >= 4 is 33.8 Å². The molecule has 8 heteroatoms. The third kappa shape index (κ3) is 4.33. The Morgan fingerprint density at radius 1 is 1.25 bits per heavy atom. The molecule has 0 atom stereocenters. The number of alkyl carbamates (subject to hydrolysis) is 1. The summed E-state index contributed by atoms with van der Waals surface area (Å²) < 4.78 is 12.9. The average molecular weight is 385 g/mol. The number of anilines is 1. The number of carbonyl (C=O) groups is 1. The van der Waals surface area contributed by atoms with Crippen molar-refractivity contribution in [3.05, 3.63) is 30.1 Å². The van der Waals surface area contributed by atoms with Crippen molar-refractivity contribution in [1.82, 2.24) is 19.9 Å². The number of fused-ring (bicyclic) bond motifs is 3. The Morgan fingerprint density at radius 2 is 2.00 bits per heavy atom. The molecule has 2 heterocycles. The summed E-state index contributed by atoms with van der Waals surface area (Å²) in [6.07, 6.45) is -0.450. The SMILES string of the molecule is CCOCc1nc2c(N)nc3ccccc3c2n1CCNC(=O)OC(C)(C)C. The van der Waals surface area contributed by atoms with Crippen LogP contribution in [0.2, 0.25) is 0 Å². The summed E-state index contributed by atoms with van der Waals surface area (Å²) >= 11 is 0. The molecule has 150 valence electrons. The van der Waals surface area contributed by atoms with Gasteiger partial charge in [-0.25, -0.2) is 14.8 Å². The van der Waals surface area contributed by atoms with Crippen LogP contribution < -0.4 is 11.1 Å². The number of nitrogens with two attached hydrogens (primary N) is 1. The zero-order chi connectivity index (χ0) is 20.3. The van der Waals surface area contributed by atoms with Gasteiger partial charge in [-0.2, -0.15) is 0 Å². The molecule has 0 aliphatic rings. The lowest BCUT2D eigenvalue weighted by Gasteiger charge is -2.20. The van der Waals surface area contributed by atoms with Crippen molar-refractivity contribution in [3.8, 4) is 0 Å². The number of aromatic nitrogens is 3. The summed E-state index contributed by atoms with van der Waals surface area (Å²) in [5, 5.41) is 3.75. The van der Waals surface area contributed by atoms with E-state index in [0.29, 0.717) is 37.6 Å². The fourth-order valence-electron chi connectivity index (χ4n) is 3.03. The maximum absolute atomic E-state index is 12.0. The quantitative estimate of drug-likeness (QED) is 0.675. The van der Waals surface area contributed by atoms with Gasteiger partial charge in [0.1, 0.15) is 23.5 Å². The predicted molar refractivity (Wildman–Crippen MR) is 109 cm³/mol. The predicted octanol–water partition coefficient (Wildman–Crippen LogP) is 3.23. The van der Waals surface area contributed by atoms with Crippen molar-refractivity contribution in [2.75, 3.05) is 18.9 Å². The normalized spacial score (nSPS) is 11.9. The third-order valence-electron chi connectivity index (χ3n) is 4.13. The van der Waals surface area contributed by atoms with E-state index in [1.54, 1.807) is 0 Å². The number of hydrogen-bond acceptors (Lipinski definition) is 6. The molecule has 0 saturated carbocycles. The van der Waals surface area contributed by atoms with Crippen LogP contribution in [0.3, 0.4) is 0 Å². The number of hydrogen-bond donors (Lipinski definition) is 2. The second kappa shape index (κ2) is 8.02. The molecule has 0 unspecified atom stereocenters. The molecule has 1 aromatic carbocycles. The second-order valence-electron chi connectivity index (χ2n) is 7.46. The first kappa shape index (κ1) is 19.9. The first-order valence-corrected chi connectivity index (χ1v) is 9.38. The molecule has 0 radical (unpaired) electrons. The topological polar surface area (TPSA) is 104 Å². The van der Waals surface area contributed by atoms with Crippen LogP contribution in [0.25, 0.3) is 21.9 Å². The molecular weight excluding hydrogens is 358 g/mol. The molecule has 3 rings (SSSR count). The molecule has 2 aromatic heterocycles. The molecule has 0 aliphatic heterocycles. The van der Waals surface area contributed by atoms with Crippen LogP contribution in [0, 0.1) is 0 Å². The summed E-state index contributed by atoms with van der Waals surface area (Å²) in [7, 11) is 0. The van der Waals surface area contributed by atoms with E-state index < -0.39 is 11.7 Å². The first-order chi connectivity index (χ1) is 13.3. The maximum atomic E-state index is 12.0. The highest BCUT2D eigenvalue weighted by Crippen LogP contribution is 2.28. The summed E-state index contributed by atoms with van der Waals surface area (Å²) in [6.45, 7) is 9.25. The van der Waals surface area contributed by atoms with Gasteiger partial charge in [-0.3, -0.25) is 0 Å². The number of carbonyl (C=O) groups excluding carboxylic acids is 1. The lowest BCUT2D eigenvalue weighted by atomic mass is 10.2. The largest absolute Gasteiger partial charge is 0.444 e. The minimum Gasteiger partial charge on any atom is -0.444 e. The Morgan fingerprint density at radius 3 is 2.71 bits per heavy atom. The smallest absolute Gasteiger partial charge is 0.407 e. The lowest BCUT2D eigenvalue weighted by molar-refractivity contribution is 0.0526. The number of para-hydroxylation sites is 1. The van der Waals surface area contributed by atoms with E-state index in [2.05, 4.69) is 15.3 Å². The Labute approximate surface area is 164 Å². The summed E-state index contributed by atoms with van der Waals surface area (Å²) in [4.78, 5) is 21.1. The lowest BCUT2D eigenvalue weighted by Crippen LogP contribution is -2.34. The highest BCUT2D eigenvalue weighted by atomic mass is 16.6. The molecule has 3 aromatic rings. The van der Waals surface area contributed by atoms with Gasteiger partial charge in [0, 0.05) is 25.1 Å². The van der Waals surface area contributed by atoms with Crippen molar-refractivity contribution in [2.45, 2.75) is 46.4 Å². The van der Waals surface area contributed by atoms with Crippen LogP contribution in [0.1, 0.15) is 33.5 Å². The molecule has 8 nitrogen and oxygen atoms in total. The van der Waals surface area contributed by atoms with E-state index in [0.717, 1.165) is 22.2 Å². The van der Waals surface area contributed by atoms with Crippen molar-refractivity contribution in [3.63, 3.8) is 0 Å². The number of nitrogens with one attached hydrogen (secondary N) is 1. The fraction of sp³-hybridized carbons (Fsp3) is 0.450. The standard InChI is InChI=1S/C20H27N5O3/c1-5-27-12-15-24-16-17(13-8-6-7-9-14(13)23-18(16)21)25(15)11-10-22-19(26)28-20(2,3)4/h6-9H,5,10-12H2,1-4H3,(H2,21,23)(H,22,26). The molecule has 1 amide bonds. The number of nitrogens with zero attached hydrogens (tertiary/aromatic N) is 3. The number of nitrogen functional groups attached to an aromatic ring is 1. The molecule has 0 spiro atoms. The van der Waals surface area contributed by atoms with Gasteiger partial charge in [-0.05, 0) is 33.8 Å². The minimum atomic E-state index is -0.539. The Kier molecular flexibility index (Phi) is 5.69. The van der Waals surface area contributed by atoms with E-state index in [1.165, 1.54) is 0 Å². The molecule has 3 N–H and O–H groups in total. The first-order valence-electron chi connectivity index (χ1n) is 9.38. The number of amides is 1. The van der Waals surface area contributed by atoms with Crippen LogP contribution in [0.4, 0.5) is 10.6 Å². The van der Waals surface area contributed by atoms with Crippen LogP contribution in [-0.2, 0) is 22.6 Å². The molecule has 0 fully saturated rings. The Bertz CT molecular complexity index is 991. The van der Waals surface area contributed by atoms with E-state index >= 15 is 0 Å². The zero-order valence-electron chi connectivity index (χ0n) is 16.8. The molecule has 28 heavy (non-hydrogen) atoms. The number of ether oxygens (including phenoxy) is 2. The summed E-state index contributed by atoms with van der Waals surface area (Å²) in [5.41, 5.74) is 7.96. The van der Waals surface area contributed by atoms with E-state index in [1.807, 2.05) is 56.5 Å². The number of rotatable bonds is 6. The number of pyridine rings is 1. The van der Waals surface area contributed by atoms with Crippen molar-refractivity contribution in [1.29, 1.82) is 0 Å². The van der Waals surface area contributed by atoms with Gasteiger partial charge in [0.05, 0.1) is 11.0 Å². The average Bonchev–Trinajstić information content (AvgIpc) is 2.98. The van der Waals surface area contributed by atoms with Gasteiger partial charge < -0.3 is 25.1 Å². The van der Waals surface area contributed by atoms with Gasteiger partial charge in [0.2, 0.25) is 0 Å². The number of imidazole rings is 1. The van der Waals surface area contributed by atoms with Gasteiger partial charge in [-0.15, -0.1) is 0 Å². The van der Waals surface area contributed by atoms with Gasteiger partial charge >= 0.3 is 6.09 Å². The summed E-state index contributed by atoms with van der Waals surface area (Å²) in [6, 6.07) is 7.79. The van der Waals surface area contributed by atoms with Crippen LogP contribution in [0.5, 0.6) is 0 Å². The molecular formula is C20H27N5O3. The van der Waals surface area contributed by atoms with E-state index in [4.69, 9.17) is 15.2 Å². The highest BCUT2D eigenvalue weighted by Gasteiger charge is 2.19. The highest BCUT2D eigenvalue weighted by molar-refractivity contribution is 6.06.